The van der Waals surface area contributed by atoms with E-state index in [-0.39, 0.29) is 30.1 Å². The lowest BCUT2D eigenvalue weighted by Gasteiger charge is -2.29. The number of hydrogen-bond donors (Lipinski definition) is 2. The van der Waals surface area contributed by atoms with Gasteiger partial charge in [0.2, 0.25) is 5.91 Å². The molecule has 0 aliphatic carbocycles. The molecule has 0 spiro atoms. The van der Waals surface area contributed by atoms with Crippen LogP contribution in [0.25, 0.3) is 0 Å². The largest absolute Gasteiger partial charge is 0.460 e. The van der Waals surface area contributed by atoms with Crippen LogP contribution in [0.3, 0.4) is 0 Å². The molecule has 0 fully saturated rings. The molecule has 2 rings (SSSR count). The molecule has 1 aliphatic heterocycles. The lowest BCUT2D eigenvalue weighted by molar-refractivity contribution is -0.140. The van der Waals surface area contributed by atoms with Gasteiger partial charge in [0.1, 0.15) is 6.61 Å². The first-order valence-electron chi connectivity index (χ1n) is 8.34. The Labute approximate surface area is 172 Å². The second-order valence-corrected chi connectivity index (χ2v) is 7.25. The molecule has 0 radical (unpaired) electrons. The second-order valence-electron chi connectivity index (χ2n) is 5.86. The zero-order chi connectivity index (χ0) is 20.7. The summed E-state index contributed by atoms with van der Waals surface area (Å²) in [5.74, 6) is -1.83. The van der Waals surface area contributed by atoms with Crippen molar-refractivity contribution in [3.05, 3.63) is 56.7 Å². The fourth-order valence-electron chi connectivity index (χ4n) is 2.76. The molecule has 0 unspecified atom stereocenters. The smallest absolute Gasteiger partial charge is 0.336 e. The van der Waals surface area contributed by atoms with E-state index in [2.05, 4.69) is 11.4 Å². The van der Waals surface area contributed by atoms with Gasteiger partial charge in [-0.05, 0) is 18.6 Å². The van der Waals surface area contributed by atoms with Crippen LogP contribution in [0.2, 0.25) is 5.02 Å². The summed E-state index contributed by atoms with van der Waals surface area (Å²) in [5, 5.41) is 13.7. The molecule has 28 heavy (non-hydrogen) atoms. The molecular formula is C19H20ClN3O4S. The number of carbonyl (C=O) groups is 2. The summed E-state index contributed by atoms with van der Waals surface area (Å²) in [6, 6.07) is 9.12. The number of rotatable bonds is 8. The van der Waals surface area contributed by atoms with Crippen molar-refractivity contribution in [2.24, 2.45) is 5.73 Å². The molecule has 1 amide bonds. The van der Waals surface area contributed by atoms with Gasteiger partial charge in [0.05, 0.1) is 40.5 Å². The van der Waals surface area contributed by atoms with Gasteiger partial charge in [-0.2, -0.15) is 5.26 Å². The number of esters is 1. The molecule has 1 aromatic rings. The van der Waals surface area contributed by atoms with Gasteiger partial charge in [0, 0.05) is 17.8 Å². The lowest BCUT2D eigenvalue weighted by atomic mass is 9.82. The summed E-state index contributed by atoms with van der Waals surface area (Å²) in [6.45, 7) is 2.04. The fourth-order valence-corrected chi connectivity index (χ4v) is 3.83. The highest BCUT2D eigenvalue weighted by molar-refractivity contribution is 8.03. The summed E-state index contributed by atoms with van der Waals surface area (Å²) >= 11 is 7.48. The summed E-state index contributed by atoms with van der Waals surface area (Å²) in [7, 11) is 1.51. The number of ether oxygens (including phenoxy) is 2. The highest BCUT2D eigenvalue weighted by atomic mass is 35.5. The van der Waals surface area contributed by atoms with Gasteiger partial charge >= 0.3 is 5.97 Å². The number of allylic oxidation sites excluding steroid dienone is 2. The minimum atomic E-state index is -0.731. The monoisotopic (exact) mass is 421 g/mol. The SMILES string of the molecule is COCCOC(=O)C1=C(C)NC(SCC(N)=O)=C(C#N)[C@@H]1c1ccccc1Cl. The number of dihydropyridines is 1. The van der Waals surface area contributed by atoms with E-state index in [9.17, 15) is 14.9 Å². The van der Waals surface area contributed by atoms with E-state index in [0.717, 1.165) is 11.8 Å². The number of primary amides is 1. The van der Waals surface area contributed by atoms with Crippen LogP contribution in [0.15, 0.2) is 46.1 Å². The number of hydrogen-bond acceptors (Lipinski definition) is 7. The van der Waals surface area contributed by atoms with Crippen LogP contribution in [0.1, 0.15) is 18.4 Å². The number of thioether (sulfide) groups is 1. The van der Waals surface area contributed by atoms with Crippen molar-refractivity contribution in [1.82, 2.24) is 5.32 Å². The van der Waals surface area contributed by atoms with Crippen LogP contribution in [-0.4, -0.2) is 38.0 Å². The molecule has 3 N–H and O–H groups in total. The number of halogens is 1. The molecule has 7 nitrogen and oxygen atoms in total. The highest BCUT2D eigenvalue weighted by Gasteiger charge is 2.36. The van der Waals surface area contributed by atoms with Crippen LogP contribution < -0.4 is 11.1 Å². The number of nitriles is 1. The Morgan fingerprint density at radius 2 is 2.07 bits per heavy atom. The first-order chi connectivity index (χ1) is 13.4. The summed E-state index contributed by atoms with van der Waals surface area (Å²) in [4.78, 5) is 24.0. The van der Waals surface area contributed by atoms with Crippen molar-refractivity contribution in [3.8, 4) is 6.07 Å². The Bertz CT molecular complexity index is 876. The Hall–Kier alpha value is -2.47. The van der Waals surface area contributed by atoms with E-state index in [1.807, 2.05) is 0 Å². The van der Waals surface area contributed by atoms with Crippen LogP contribution >= 0.6 is 23.4 Å². The minimum absolute atomic E-state index is 0.0103. The summed E-state index contributed by atoms with van der Waals surface area (Å²) < 4.78 is 10.2. The topological polar surface area (TPSA) is 114 Å². The van der Waals surface area contributed by atoms with Gasteiger partial charge in [-0.1, -0.05) is 41.6 Å². The van der Waals surface area contributed by atoms with Gasteiger partial charge < -0.3 is 20.5 Å². The number of nitrogens with zero attached hydrogens (tertiary/aromatic N) is 1. The zero-order valence-corrected chi connectivity index (χ0v) is 17.0. The van der Waals surface area contributed by atoms with Crippen LogP contribution in [0, 0.1) is 11.3 Å². The minimum Gasteiger partial charge on any atom is -0.460 e. The number of carbonyl (C=O) groups excluding carboxylic acids is 2. The Morgan fingerprint density at radius 3 is 2.68 bits per heavy atom. The molecule has 0 aromatic heterocycles. The molecular weight excluding hydrogens is 402 g/mol. The Kier molecular flexibility index (Phi) is 7.93. The average Bonchev–Trinajstić information content (AvgIpc) is 2.66. The van der Waals surface area contributed by atoms with Crippen molar-refractivity contribution in [2.75, 3.05) is 26.1 Å². The Balaban J connectivity index is 2.53. The maximum atomic E-state index is 12.8. The molecule has 1 aliphatic rings. The molecule has 0 saturated heterocycles. The van der Waals surface area contributed by atoms with E-state index in [1.54, 1.807) is 31.2 Å². The van der Waals surface area contributed by atoms with E-state index in [0.29, 0.717) is 21.3 Å². The first-order valence-corrected chi connectivity index (χ1v) is 9.70. The third-order valence-corrected chi connectivity index (χ3v) is 5.35. The molecule has 1 heterocycles. The number of nitrogens with one attached hydrogen (secondary N) is 1. The summed E-state index contributed by atoms with van der Waals surface area (Å²) in [6.07, 6.45) is 0. The Morgan fingerprint density at radius 1 is 1.36 bits per heavy atom. The van der Waals surface area contributed by atoms with Crippen LogP contribution in [0.4, 0.5) is 0 Å². The normalized spacial score (nSPS) is 16.4. The molecule has 1 atom stereocenters. The van der Waals surface area contributed by atoms with Gasteiger partial charge in [-0.15, -0.1) is 0 Å². The predicted octanol–water partition coefficient (Wildman–Crippen LogP) is 2.44. The van der Waals surface area contributed by atoms with Gasteiger partial charge in [-0.3, -0.25) is 4.79 Å². The maximum Gasteiger partial charge on any atom is 0.336 e. The highest BCUT2D eigenvalue weighted by Crippen LogP contribution is 2.43. The van der Waals surface area contributed by atoms with E-state index < -0.39 is 17.8 Å². The summed E-state index contributed by atoms with van der Waals surface area (Å²) in [5.41, 5.74) is 6.89. The fraction of sp³-hybridized carbons (Fsp3) is 0.316. The predicted molar refractivity (Wildman–Crippen MR) is 107 cm³/mol. The van der Waals surface area contributed by atoms with Gasteiger partial charge in [0.25, 0.3) is 0 Å². The van der Waals surface area contributed by atoms with Crippen molar-refractivity contribution >= 4 is 35.2 Å². The lowest BCUT2D eigenvalue weighted by Crippen LogP contribution is -2.30. The van der Waals surface area contributed by atoms with Crippen molar-refractivity contribution in [1.29, 1.82) is 5.26 Å². The second kappa shape index (κ2) is 10.2. The van der Waals surface area contributed by atoms with Crippen molar-refractivity contribution in [3.63, 3.8) is 0 Å². The van der Waals surface area contributed by atoms with Crippen LogP contribution in [0.5, 0.6) is 0 Å². The van der Waals surface area contributed by atoms with Crippen molar-refractivity contribution in [2.45, 2.75) is 12.8 Å². The third-order valence-electron chi connectivity index (χ3n) is 3.96. The molecule has 9 heteroatoms. The quantitative estimate of drug-likeness (QED) is 0.489. The van der Waals surface area contributed by atoms with E-state index in [1.165, 1.54) is 7.11 Å². The van der Waals surface area contributed by atoms with Gasteiger partial charge in [0.15, 0.2) is 0 Å². The molecule has 148 valence electrons. The maximum absolute atomic E-state index is 12.8. The number of benzene rings is 1. The van der Waals surface area contributed by atoms with E-state index >= 15 is 0 Å². The standard InChI is InChI=1S/C19H20ClN3O4S/c1-11-16(19(25)27-8-7-26-2)17(12-5-3-4-6-14(12)20)13(9-21)18(23-11)28-10-15(22)24/h3-6,17,23H,7-8,10H2,1-2H3,(H2,22,24)/t17-/m0/s1. The first kappa shape index (κ1) is 21.8. The number of amides is 1. The zero-order valence-electron chi connectivity index (χ0n) is 15.5. The van der Waals surface area contributed by atoms with Crippen molar-refractivity contribution < 1.29 is 19.1 Å². The number of methoxy groups -OCH3 is 1. The number of nitrogens with two attached hydrogens (primary N) is 1. The molecule has 0 saturated carbocycles. The third kappa shape index (κ3) is 5.07. The molecule has 0 bridgehead atoms. The average molecular weight is 422 g/mol. The van der Waals surface area contributed by atoms with Crippen LogP contribution in [-0.2, 0) is 19.1 Å². The molecule has 1 aromatic carbocycles. The van der Waals surface area contributed by atoms with Gasteiger partial charge in [-0.25, -0.2) is 4.79 Å². The van der Waals surface area contributed by atoms with E-state index in [4.69, 9.17) is 26.8 Å².